The van der Waals surface area contributed by atoms with Crippen molar-refractivity contribution in [2.24, 2.45) is 0 Å². The molecule has 6 heteroatoms. The molecule has 0 aliphatic carbocycles. The molecule has 32 heavy (non-hydrogen) atoms. The van der Waals surface area contributed by atoms with E-state index in [0.717, 1.165) is 43.2 Å². The van der Waals surface area contributed by atoms with Crippen molar-refractivity contribution in [3.05, 3.63) is 89.0 Å². The predicted octanol–water partition coefficient (Wildman–Crippen LogP) is 8.12. The average molecular weight is 445 g/mol. The molecular formula is C26H25F4O2. The van der Waals surface area contributed by atoms with E-state index >= 15 is 0 Å². The monoisotopic (exact) mass is 445 g/mol. The van der Waals surface area contributed by atoms with Crippen LogP contribution in [-0.2, 0) is 12.5 Å². The van der Waals surface area contributed by atoms with Crippen molar-refractivity contribution in [1.29, 1.82) is 0 Å². The Hall–Kier alpha value is -3.02. The third kappa shape index (κ3) is 6.02. The van der Waals surface area contributed by atoms with E-state index in [1.807, 2.05) is 6.92 Å². The highest BCUT2D eigenvalue weighted by molar-refractivity contribution is 5.38. The van der Waals surface area contributed by atoms with Crippen molar-refractivity contribution >= 4 is 0 Å². The number of ether oxygens (including phenoxy) is 2. The number of unbranched alkanes of at least 4 members (excludes halogenated alkanes) is 3. The lowest BCUT2D eigenvalue weighted by atomic mass is 10.1. The molecule has 0 spiro atoms. The summed E-state index contributed by atoms with van der Waals surface area (Å²) in [5, 5.41) is 0. The Morgan fingerprint density at radius 3 is 2.19 bits per heavy atom. The van der Waals surface area contributed by atoms with Gasteiger partial charge in [0.25, 0.3) is 0 Å². The van der Waals surface area contributed by atoms with Gasteiger partial charge in [0.1, 0.15) is 22.9 Å². The van der Waals surface area contributed by atoms with Crippen LogP contribution < -0.4 is 9.47 Å². The molecule has 3 aromatic rings. The minimum absolute atomic E-state index is 0.194. The summed E-state index contributed by atoms with van der Waals surface area (Å²) in [7, 11) is 0. The molecule has 0 saturated heterocycles. The van der Waals surface area contributed by atoms with Crippen LogP contribution in [0.5, 0.6) is 17.2 Å². The number of hydrogen-bond acceptors (Lipinski definition) is 2. The Balaban J connectivity index is 1.76. The summed E-state index contributed by atoms with van der Waals surface area (Å²) in [5.74, 6) is -3.67. The quantitative estimate of drug-likeness (QED) is 0.232. The molecule has 0 heterocycles. The lowest BCUT2D eigenvalue weighted by Crippen LogP contribution is -2.25. The second kappa shape index (κ2) is 10.5. The van der Waals surface area contributed by atoms with Crippen molar-refractivity contribution in [1.82, 2.24) is 0 Å². The van der Waals surface area contributed by atoms with Crippen molar-refractivity contribution < 1.29 is 27.0 Å². The van der Waals surface area contributed by atoms with Gasteiger partial charge in [-0.15, -0.1) is 0 Å². The van der Waals surface area contributed by atoms with Gasteiger partial charge < -0.3 is 9.47 Å². The largest absolute Gasteiger partial charge is 0.454 e. The molecular weight excluding hydrogens is 420 g/mol. The molecule has 0 aliphatic heterocycles. The topological polar surface area (TPSA) is 18.5 Å². The van der Waals surface area contributed by atoms with Crippen LogP contribution in [0.2, 0.25) is 0 Å². The first-order chi connectivity index (χ1) is 15.3. The lowest BCUT2D eigenvalue weighted by molar-refractivity contribution is -0.189. The Morgan fingerprint density at radius 2 is 1.53 bits per heavy atom. The van der Waals surface area contributed by atoms with Crippen LogP contribution in [0.1, 0.15) is 49.3 Å². The van der Waals surface area contributed by atoms with Gasteiger partial charge in [-0.25, -0.2) is 8.78 Å². The third-order valence-corrected chi connectivity index (χ3v) is 5.01. The normalized spacial score (nSPS) is 11.4. The number of alkyl halides is 2. The van der Waals surface area contributed by atoms with E-state index in [4.69, 9.17) is 4.74 Å². The summed E-state index contributed by atoms with van der Waals surface area (Å²) >= 11 is 0. The van der Waals surface area contributed by atoms with Crippen molar-refractivity contribution in [2.75, 3.05) is 0 Å². The van der Waals surface area contributed by atoms with Crippen LogP contribution in [0.4, 0.5) is 17.6 Å². The van der Waals surface area contributed by atoms with Crippen LogP contribution in [0.3, 0.4) is 0 Å². The van der Waals surface area contributed by atoms with Crippen LogP contribution in [0.15, 0.2) is 54.6 Å². The Morgan fingerprint density at radius 1 is 0.875 bits per heavy atom. The molecule has 3 rings (SSSR count). The summed E-state index contributed by atoms with van der Waals surface area (Å²) in [5.41, 5.74) is 0.396. The predicted molar refractivity (Wildman–Crippen MR) is 115 cm³/mol. The molecule has 0 aliphatic rings. The molecule has 0 aromatic heterocycles. The standard InChI is InChI=1S/C26H25F4O2/c1-3-4-5-6-7-19-10-14-21(15-11-19)32-26(29,30)24-22(27)16-17-23(25(24)28)31-20-12-8-18(2)9-13-20/h8-16H,3-7H2,1-2H3. The molecule has 0 saturated carbocycles. The van der Waals surface area contributed by atoms with Gasteiger partial charge in [0.2, 0.25) is 0 Å². The number of aryl methyl sites for hydroxylation is 2. The van der Waals surface area contributed by atoms with E-state index in [0.29, 0.717) is 6.07 Å². The van der Waals surface area contributed by atoms with Gasteiger partial charge in [0.15, 0.2) is 11.6 Å². The molecule has 169 valence electrons. The molecule has 0 unspecified atom stereocenters. The molecule has 2 nitrogen and oxygen atoms in total. The first-order valence-corrected chi connectivity index (χ1v) is 10.6. The van der Waals surface area contributed by atoms with E-state index in [9.17, 15) is 17.6 Å². The number of hydrogen-bond donors (Lipinski definition) is 0. The highest BCUT2D eigenvalue weighted by Gasteiger charge is 2.42. The minimum atomic E-state index is -4.25. The number of halogens is 4. The second-order valence-corrected chi connectivity index (χ2v) is 7.64. The summed E-state index contributed by atoms with van der Waals surface area (Å²) in [6.45, 7) is 3.98. The van der Waals surface area contributed by atoms with Gasteiger partial charge in [0.05, 0.1) is 0 Å². The fraction of sp³-hybridized carbons (Fsp3) is 0.308. The summed E-state index contributed by atoms with van der Waals surface area (Å²) in [6, 6.07) is 15.4. The van der Waals surface area contributed by atoms with Gasteiger partial charge in [0, 0.05) is 6.07 Å². The van der Waals surface area contributed by atoms with E-state index in [1.165, 1.54) is 12.1 Å². The van der Waals surface area contributed by atoms with Gasteiger partial charge in [-0.2, -0.15) is 8.78 Å². The fourth-order valence-corrected chi connectivity index (χ4v) is 3.23. The molecule has 3 aromatic carbocycles. The third-order valence-electron chi connectivity index (χ3n) is 5.01. The summed E-state index contributed by atoms with van der Waals surface area (Å²) < 4.78 is 68.5. The van der Waals surface area contributed by atoms with Gasteiger partial charge in [-0.05, 0) is 55.7 Å². The fourth-order valence-electron chi connectivity index (χ4n) is 3.23. The number of rotatable bonds is 10. The summed E-state index contributed by atoms with van der Waals surface area (Å²) in [4.78, 5) is 0. The van der Waals surface area contributed by atoms with Gasteiger partial charge in [-0.1, -0.05) is 56.0 Å². The van der Waals surface area contributed by atoms with Crippen molar-refractivity contribution in [3.63, 3.8) is 0 Å². The highest BCUT2D eigenvalue weighted by atomic mass is 19.3. The van der Waals surface area contributed by atoms with Crippen LogP contribution in [0.25, 0.3) is 0 Å². The lowest BCUT2D eigenvalue weighted by Gasteiger charge is -2.20. The molecule has 1 radical (unpaired) electrons. The maximum atomic E-state index is 14.8. The zero-order chi connectivity index (χ0) is 23.1. The van der Waals surface area contributed by atoms with E-state index in [-0.39, 0.29) is 11.5 Å². The van der Waals surface area contributed by atoms with Gasteiger partial charge >= 0.3 is 6.11 Å². The summed E-state index contributed by atoms with van der Waals surface area (Å²) in [6.07, 6.45) is 0.957. The first-order valence-electron chi connectivity index (χ1n) is 10.6. The Labute approximate surface area is 185 Å². The zero-order valence-corrected chi connectivity index (χ0v) is 18.1. The molecule has 0 atom stereocenters. The van der Waals surface area contributed by atoms with Crippen molar-refractivity contribution in [2.45, 2.75) is 52.1 Å². The molecule has 0 N–H and O–H groups in total. The highest BCUT2D eigenvalue weighted by Crippen LogP contribution is 2.38. The van der Waals surface area contributed by atoms with Crippen LogP contribution in [0, 0.1) is 24.6 Å². The second-order valence-electron chi connectivity index (χ2n) is 7.64. The van der Waals surface area contributed by atoms with E-state index in [2.05, 4.69) is 17.7 Å². The molecule has 0 fully saturated rings. The smallest absolute Gasteiger partial charge is 0.432 e. The first kappa shape index (κ1) is 23.6. The average Bonchev–Trinajstić information content (AvgIpc) is 2.75. The zero-order valence-electron chi connectivity index (χ0n) is 18.1. The number of benzene rings is 3. The maximum Gasteiger partial charge on any atom is 0.432 e. The Bertz CT molecular complexity index is 1020. The maximum absolute atomic E-state index is 14.8. The van der Waals surface area contributed by atoms with Crippen molar-refractivity contribution in [3.8, 4) is 17.2 Å². The van der Waals surface area contributed by atoms with E-state index < -0.39 is 29.1 Å². The van der Waals surface area contributed by atoms with Crippen LogP contribution >= 0.6 is 0 Å². The van der Waals surface area contributed by atoms with Gasteiger partial charge in [-0.3, -0.25) is 0 Å². The van der Waals surface area contributed by atoms with Crippen LogP contribution in [-0.4, -0.2) is 0 Å². The Kier molecular flexibility index (Phi) is 7.78. The molecule has 0 bridgehead atoms. The van der Waals surface area contributed by atoms with E-state index in [1.54, 1.807) is 36.4 Å². The SMILES string of the molecule is CCCCCCc1ccc(OC(F)(F)c2c(F)c[c]c(Oc3ccc(C)cc3)c2F)cc1. The molecule has 0 amide bonds. The minimum Gasteiger partial charge on any atom is -0.454 e.